The molecule has 43 heavy (non-hydrogen) atoms. The molecule has 0 radical (unpaired) electrons. The van der Waals surface area contributed by atoms with Gasteiger partial charge in [-0.1, -0.05) is 78.9 Å². The lowest BCUT2D eigenvalue weighted by molar-refractivity contribution is -0.245. The van der Waals surface area contributed by atoms with Crippen LogP contribution in [0.25, 0.3) is 0 Å². The SMILES string of the molecule is O=C(NCc1ccccc1)NCc1ccc([C@H]2O[C@@H](CSc3ncccc3C(=O)O)C[C@@H](c3ccc(CO)cc3)O2)cc1. The molecule has 222 valence electrons. The molecule has 0 aliphatic carbocycles. The lowest BCUT2D eigenvalue weighted by Gasteiger charge is -2.36. The molecule has 0 bridgehead atoms. The third kappa shape index (κ3) is 8.42. The Morgan fingerprint density at radius 3 is 2.14 bits per heavy atom. The van der Waals surface area contributed by atoms with Crippen LogP contribution in [0.1, 0.15) is 57.0 Å². The van der Waals surface area contributed by atoms with Crippen LogP contribution in [0.2, 0.25) is 0 Å². The Hall–Kier alpha value is -4.22. The van der Waals surface area contributed by atoms with Crippen LogP contribution < -0.4 is 10.6 Å². The van der Waals surface area contributed by atoms with Crippen molar-refractivity contribution in [2.45, 2.75) is 49.6 Å². The topological polar surface area (TPSA) is 130 Å². The standard InChI is InChI=1S/C33H33N3O6S/c37-20-24-10-12-25(13-11-24)29-17-27(21-43-30-28(31(38)39)7-4-16-34-30)41-32(42-29)26-14-8-23(9-15-26)19-36-33(40)35-18-22-5-2-1-3-6-22/h1-16,27,29,32,37H,17-21H2,(H,38,39)(H2,35,36,40)/t27-,29+,32+/m1/s1. The van der Waals surface area contributed by atoms with E-state index >= 15 is 0 Å². The molecule has 9 nitrogen and oxygen atoms in total. The first-order valence-corrected chi connectivity index (χ1v) is 14.9. The summed E-state index contributed by atoms with van der Waals surface area (Å²) in [4.78, 5) is 28.2. The zero-order valence-corrected chi connectivity index (χ0v) is 24.2. The Morgan fingerprint density at radius 1 is 0.814 bits per heavy atom. The number of rotatable bonds is 11. The van der Waals surface area contributed by atoms with Gasteiger partial charge in [0.15, 0.2) is 6.29 Å². The van der Waals surface area contributed by atoms with E-state index in [-0.39, 0.29) is 30.4 Å². The molecule has 0 saturated carbocycles. The van der Waals surface area contributed by atoms with Gasteiger partial charge in [0, 0.05) is 37.0 Å². The number of amides is 2. The van der Waals surface area contributed by atoms with Gasteiger partial charge in [0.1, 0.15) is 5.03 Å². The minimum Gasteiger partial charge on any atom is -0.478 e. The van der Waals surface area contributed by atoms with Gasteiger partial charge in [-0.05, 0) is 34.4 Å². The van der Waals surface area contributed by atoms with Gasteiger partial charge in [-0.25, -0.2) is 14.6 Å². The Kier molecular flexibility index (Phi) is 10.4. The Morgan fingerprint density at radius 2 is 1.47 bits per heavy atom. The minimum atomic E-state index is -1.02. The van der Waals surface area contributed by atoms with Crippen molar-refractivity contribution in [1.82, 2.24) is 15.6 Å². The lowest BCUT2D eigenvalue weighted by Crippen LogP contribution is -2.34. The Labute approximate surface area is 254 Å². The van der Waals surface area contributed by atoms with Gasteiger partial charge in [-0.15, -0.1) is 11.8 Å². The number of nitrogens with one attached hydrogen (secondary N) is 2. The second-order valence-corrected chi connectivity index (χ2v) is 11.1. The van der Waals surface area contributed by atoms with Crippen LogP contribution in [-0.4, -0.2) is 39.1 Å². The Balaban J connectivity index is 1.24. The summed E-state index contributed by atoms with van der Waals surface area (Å²) in [5.41, 5.74) is 4.71. The first-order valence-electron chi connectivity index (χ1n) is 13.9. The molecule has 0 unspecified atom stereocenters. The van der Waals surface area contributed by atoms with E-state index in [1.165, 1.54) is 11.8 Å². The van der Waals surface area contributed by atoms with E-state index in [2.05, 4.69) is 15.6 Å². The summed E-state index contributed by atoms with van der Waals surface area (Å²) in [5, 5.41) is 25.2. The quantitative estimate of drug-likeness (QED) is 0.164. The fourth-order valence-electron chi connectivity index (χ4n) is 4.68. The predicted molar refractivity (Wildman–Crippen MR) is 162 cm³/mol. The minimum absolute atomic E-state index is 0.0390. The van der Waals surface area contributed by atoms with Crippen LogP contribution in [0.5, 0.6) is 0 Å². The van der Waals surface area contributed by atoms with Gasteiger partial charge in [0.2, 0.25) is 0 Å². The molecule has 5 rings (SSSR count). The first kappa shape index (κ1) is 30.2. The smallest absolute Gasteiger partial charge is 0.338 e. The molecule has 1 saturated heterocycles. The zero-order chi connectivity index (χ0) is 30.0. The number of carboxylic acids is 1. The van der Waals surface area contributed by atoms with Crippen molar-refractivity contribution in [1.29, 1.82) is 0 Å². The maximum absolute atomic E-state index is 12.3. The number of hydrogen-bond acceptors (Lipinski definition) is 7. The molecule has 2 amide bonds. The number of nitrogens with zero attached hydrogens (tertiary/aromatic N) is 1. The van der Waals surface area contributed by atoms with E-state index in [1.54, 1.807) is 18.3 Å². The van der Waals surface area contributed by atoms with Crippen molar-refractivity contribution in [3.8, 4) is 0 Å². The van der Waals surface area contributed by atoms with Gasteiger partial charge in [-0.2, -0.15) is 0 Å². The van der Waals surface area contributed by atoms with E-state index in [0.717, 1.165) is 27.8 Å². The number of aliphatic hydroxyl groups is 1. The summed E-state index contributed by atoms with van der Waals surface area (Å²) < 4.78 is 12.8. The van der Waals surface area contributed by atoms with Crippen LogP contribution in [0, 0.1) is 0 Å². The second-order valence-electron chi connectivity index (χ2n) is 10.1. The maximum Gasteiger partial charge on any atom is 0.338 e. The molecule has 4 N–H and O–H groups in total. The highest BCUT2D eigenvalue weighted by Crippen LogP contribution is 2.39. The van der Waals surface area contributed by atoms with Crippen molar-refractivity contribution in [2.75, 3.05) is 5.75 Å². The van der Waals surface area contributed by atoms with Crippen LogP contribution in [0.15, 0.2) is 102 Å². The number of aromatic nitrogens is 1. The first-order chi connectivity index (χ1) is 21.0. The van der Waals surface area contributed by atoms with E-state index in [0.29, 0.717) is 30.3 Å². The highest BCUT2D eigenvalue weighted by atomic mass is 32.2. The number of aromatic carboxylic acids is 1. The molecule has 2 heterocycles. The fourth-order valence-corrected chi connectivity index (χ4v) is 5.68. The van der Waals surface area contributed by atoms with Crippen molar-refractivity contribution in [3.63, 3.8) is 0 Å². The zero-order valence-electron chi connectivity index (χ0n) is 23.4. The van der Waals surface area contributed by atoms with Crippen molar-refractivity contribution < 1.29 is 29.3 Å². The molecule has 1 fully saturated rings. The summed E-state index contributed by atoms with van der Waals surface area (Å²) in [5.74, 6) is -0.533. The van der Waals surface area contributed by atoms with Crippen molar-refractivity contribution in [2.24, 2.45) is 0 Å². The van der Waals surface area contributed by atoms with Crippen LogP contribution in [0.4, 0.5) is 4.79 Å². The summed E-state index contributed by atoms with van der Waals surface area (Å²) in [6.07, 6.45) is 0.980. The van der Waals surface area contributed by atoms with Gasteiger partial charge in [0.25, 0.3) is 0 Å². The van der Waals surface area contributed by atoms with Crippen LogP contribution >= 0.6 is 11.8 Å². The second kappa shape index (κ2) is 14.8. The summed E-state index contributed by atoms with van der Waals surface area (Å²) in [6.45, 7) is 0.772. The van der Waals surface area contributed by atoms with Gasteiger partial charge >= 0.3 is 12.0 Å². The normalized spacial score (nSPS) is 18.1. The summed E-state index contributed by atoms with van der Waals surface area (Å²) in [7, 11) is 0. The van der Waals surface area contributed by atoms with Crippen molar-refractivity contribution >= 4 is 23.8 Å². The van der Waals surface area contributed by atoms with Crippen LogP contribution in [-0.2, 0) is 29.2 Å². The maximum atomic E-state index is 12.3. The molecular weight excluding hydrogens is 566 g/mol. The van der Waals surface area contributed by atoms with Crippen LogP contribution in [0.3, 0.4) is 0 Å². The third-order valence-electron chi connectivity index (χ3n) is 7.02. The number of carbonyl (C=O) groups excluding carboxylic acids is 1. The molecule has 0 spiro atoms. The highest BCUT2D eigenvalue weighted by Gasteiger charge is 2.32. The van der Waals surface area contributed by atoms with Crippen molar-refractivity contribution in [3.05, 3.63) is 131 Å². The largest absolute Gasteiger partial charge is 0.478 e. The van der Waals surface area contributed by atoms with E-state index in [1.807, 2.05) is 78.9 Å². The fraction of sp³-hybridized carbons (Fsp3) is 0.242. The number of urea groups is 1. The average Bonchev–Trinajstić information content (AvgIpc) is 3.06. The number of carboxylic acid groups (broad SMARTS) is 1. The number of carbonyl (C=O) groups is 2. The third-order valence-corrected chi connectivity index (χ3v) is 8.16. The number of aliphatic hydroxyl groups excluding tert-OH is 1. The molecule has 1 aliphatic heterocycles. The Bertz CT molecular complexity index is 1500. The average molecular weight is 600 g/mol. The number of ether oxygens (including phenoxy) is 2. The van der Waals surface area contributed by atoms with E-state index in [9.17, 15) is 19.8 Å². The molecule has 4 aromatic rings. The molecule has 3 atom stereocenters. The van der Waals surface area contributed by atoms with E-state index < -0.39 is 12.3 Å². The summed E-state index contributed by atoms with van der Waals surface area (Å²) in [6, 6.07) is 28.0. The lowest BCUT2D eigenvalue weighted by atomic mass is 10.0. The number of pyridine rings is 1. The number of hydrogen-bond donors (Lipinski definition) is 4. The molecule has 1 aliphatic rings. The van der Waals surface area contributed by atoms with E-state index in [4.69, 9.17) is 9.47 Å². The molecule has 3 aromatic carbocycles. The number of thioether (sulfide) groups is 1. The molecule has 10 heteroatoms. The van der Waals surface area contributed by atoms with Gasteiger partial charge < -0.3 is 30.3 Å². The van der Waals surface area contributed by atoms with Gasteiger partial charge in [-0.3, -0.25) is 0 Å². The monoisotopic (exact) mass is 599 g/mol. The predicted octanol–water partition coefficient (Wildman–Crippen LogP) is 5.61. The van der Waals surface area contributed by atoms with Gasteiger partial charge in [0.05, 0.1) is 24.4 Å². The number of benzene rings is 3. The molecular formula is C33H33N3O6S. The molecule has 1 aromatic heterocycles. The summed E-state index contributed by atoms with van der Waals surface area (Å²) >= 11 is 1.34. The highest BCUT2D eigenvalue weighted by molar-refractivity contribution is 7.99.